The van der Waals surface area contributed by atoms with Crippen LogP contribution in [0.5, 0.6) is 11.6 Å². The van der Waals surface area contributed by atoms with Gasteiger partial charge >= 0.3 is 0 Å². The van der Waals surface area contributed by atoms with E-state index in [0.29, 0.717) is 11.6 Å². The van der Waals surface area contributed by atoms with Crippen molar-refractivity contribution in [2.45, 2.75) is 30.6 Å². The molecule has 24 heavy (non-hydrogen) atoms. The van der Waals surface area contributed by atoms with E-state index in [4.69, 9.17) is 4.74 Å². The van der Waals surface area contributed by atoms with Crippen LogP contribution in [0.1, 0.15) is 23.3 Å². The van der Waals surface area contributed by atoms with Gasteiger partial charge in [-0.2, -0.15) is 0 Å². The first-order valence-corrected chi connectivity index (χ1v) is 10.5. The maximum atomic E-state index is 11.5. The third-order valence-electron chi connectivity index (χ3n) is 4.18. The van der Waals surface area contributed by atoms with E-state index in [-0.39, 0.29) is 4.90 Å². The summed E-state index contributed by atoms with van der Waals surface area (Å²) in [6.45, 7) is 0. The Kier molecular flexibility index (Phi) is 3.77. The third-order valence-corrected chi connectivity index (χ3v) is 6.51. The number of nitrogens with zero attached hydrogens (tertiary/aromatic N) is 2. The SMILES string of the molecule is CS(=O)(=O)c1ccc(Oc2ncnc3sc4c(c23)CCCC4)cc1. The van der Waals surface area contributed by atoms with Gasteiger partial charge in [0.25, 0.3) is 0 Å². The molecule has 2 aromatic heterocycles. The van der Waals surface area contributed by atoms with Crippen molar-refractivity contribution in [3.05, 3.63) is 41.0 Å². The maximum Gasteiger partial charge on any atom is 0.231 e. The molecule has 0 spiro atoms. The lowest BCUT2D eigenvalue weighted by molar-refractivity contribution is 0.467. The predicted molar refractivity (Wildman–Crippen MR) is 93.7 cm³/mol. The van der Waals surface area contributed by atoms with Gasteiger partial charge in [-0.25, -0.2) is 18.4 Å². The molecule has 1 aromatic carbocycles. The van der Waals surface area contributed by atoms with E-state index in [1.165, 1.54) is 35.9 Å². The zero-order valence-electron chi connectivity index (χ0n) is 13.2. The van der Waals surface area contributed by atoms with E-state index in [0.717, 1.165) is 23.1 Å². The van der Waals surface area contributed by atoms with Crippen LogP contribution in [0, 0.1) is 0 Å². The average Bonchev–Trinajstić information content (AvgIpc) is 2.94. The summed E-state index contributed by atoms with van der Waals surface area (Å²) in [6.07, 6.45) is 7.23. The van der Waals surface area contributed by atoms with Gasteiger partial charge in [-0.3, -0.25) is 0 Å². The fraction of sp³-hybridized carbons (Fsp3) is 0.294. The summed E-state index contributed by atoms with van der Waals surface area (Å²) in [4.78, 5) is 11.3. The lowest BCUT2D eigenvalue weighted by atomic mass is 9.97. The van der Waals surface area contributed by atoms with Crippen LogP contribution in [-0.2, 0) is 22.7 Å². The van der Waals surface area contributed by atoms with E-state index < -0.39 is 9.84 Å². The minimum Gasteiger partial charge on any atom is -0.438 e. The Labute approximate surface area is 144 Å². The second kappa shape index (κ2) is 5.82. The van der Waals surface area contributed by atoms with Gasteiger partial charge in [0, 0.05) is 11.1 Å². The first-order chi connectivity index (χ1) is 11.5. The monoisotopic (exact) mass is 360 g/mol. The quantitative estimate of drug-likeness (QED) is 0.711. The molecule has 0 aliphatic heterocycles. The predicted octanol–water partition coefficient (Wildman–Crippen LogP) is 3.77. The molecule has 0 N–H and O–H groups in total. The van der Waals surface area contributed by atoms with E-state index in [1.807, 2.05) is 0 Å². The molecule has 4 rings (SSSR count). The van der Waals surface area contributed by atoms with Gasteiger partial charge in [-0.15, -0.1) is 11.3 Å². The van der Waals surface area contributed by atoms with Gasteiger partial charge in [0.1, 0.15) is 16.9 Å². The Balaban J connectivity index is 1.73. The van der Waals surface area contributed by atoms with Gasteiger partial charge in [0.2, 0.25) is 5.88 Å². The first kappa shape index (κ1) is 15.5. The number of hydrogen-bond acceptors (Lipinski definition) is 6. The summed E-state index contributed by atoms with van der Waals surface area (Å²) in [7, 11) is -3.21. The fourth-order valence-corrected chi connectivity index (χ4v) is 4.86. The standard InChI is InChI=1S/C17H16N2O3S2/c1-24(20,21)12-8-6-11(7-9-12)22-16-15-13-4-2-3-5-14(13)23-17(15)19-10-18-16/h6-10H,2-5H2,1H3. The first-order valence-electron chi connectivity index (χ1n) is 7.75. The number of aryl methyl sites for hydroxylation is 2. The lowest BCUT2D eigenvalue weighted by Gasteiger charge is -2.12. The van der Waals surface area contributed by atoms with Crippen molar-refractivity contribution in [3.63, 3.8) is 0 Å². The maximum absolute atomic E-state index is 11.5. The highest BCUT2D eigenvalue weighted by Crippen LogP contribution is 2.40. The van der Waals surface area contributed by atoms with E-state index in [2.05, 4.69) is 9.97 Å². The smallest absolute Gasteiger partial charge is 0.231 e. The highest BCUT2D eigenvalue weighted by Gasteiger charge is 2.21. The lowest BCUT2D eigenvalue weighted by Crippen LogP contribution is -1.99. The van der Waals surface area contributed by atoms with Crippen molar-refractivity contribution >= 4 is 31.4 Å². The number of thiophene rings is 1. The summed E-state index contributed by atoms with van der Waals surface area (Å²) in [6, 6.07) is 6.41. The molecular formula is C17H16N2O3S2. The normalized spacial score (nSPS) is 14.5. The van der Waals surface area contributed by atoms with Gasteiger partial charge < -0.3 is 4.74 Å². The number of benzene rings is 1. The fourth-order valence-electron chi connectivity index (χ4n) is 3.01. The van der Waals surface area contributed by atoms with Crippen molar-refractivity contribution in [3.8, 4) is 11.6 Å². The van der Waals surface area contributed by atoms with E-state index in [9.17, 15) is 8.42 Å². The largest absolute Gasteiger partial charge is 0.438 e. The van der Waals surface area contributed by atoms with Gasteiger partial charge in [-0.1, -0.05) is 0 Å². The zero-order valence-corrected chi connectivity index (χ0v) is 14.8. The van der Waals surface area contributed by atoms with Crippen LogP contribution in [0.3, 0.4) is 0 Å². The summed E-state index contributed by atoms with van der Waals surface area (Å²) >= 11 is 1.72. The van der Waals surface area contributed by atoms with E-state index >= 15 is 0 Å². The molecule has 5 nitrogen and oxygen atoms in total. The van der Waals surface area contributed by atoms with Crippen LogP contribution in [-0.4, -0.2) is 24.6 Å². The molecule has 0 radical (unpaired) electrons. The summed E-state index contributed by atoms with van der Waals surface area (Å²) in [5.41, 5.74) is 1.31. The summed E-state index contributed by atoms with van der Waals surface area (Å²) in [5, 5.41) is 1.00. The molecule has 0 saturated heterocycles. The van der Waals surface area contributed by atoms with Gasteiger partial charge in [0.15, 0.2) is 9.84 Å². The Morgan fingerprint density at radius 2 is 1.83 bits per heavy atom. The molecule has 0 amide bonds. The van der Waals surface area contributed by atoms with Gasteiger partial charge in [0.05, 0.1) is 10.3 Å². The molecule has 0 bridgehead atoms. The molecule has 124 valence electrons. The van der Waals surface area contributed by atoms with Crippen LogP contribution in [0.15, 0.2) is 35.5 Å². The number of sulfone groups is 1. The van der Waals surface area contributed by atoms with Crippen LogP contribution >= 0.6 is 11.3 Å². The van der Waals surface area contributed by atoms with Crippen LogP contribution in [0.4, 0.5) is 0 Å². The number of fused-ring (bicyclic) bond motifs is 3. The van der Waals surface area contributed by atoms with Crippen molar-refractivity contribution in [1.29, 1.82) is 0 Å². The Hall–Kier alpha value is -1.99. The highest BCUT2D eigenvalue weighted by atomic mass is 32.2. The third kappa shape index (κ3) is 2.78. The molecule has 2 heterocycles. The number of ether oxygens (including phenoxy) is 1. The van der Waals surface area contributed by atoms with Gasteiger partial charge in [-0.05, 0) is 55.5 Å². The second-order valence-electron chi connectivity index (χ2n) is 5.92. The number of rotatable bonds is 3. The van der Waals surface area contributed by atoms with Crippen molar-refractivity contribution < 1.29 is 13.2 Å². The van der Waals surface area contributed by atoms with Crippen molar-refractivity contribution in [2.24, 2.45) is 0 Å². The second-order valence-corrected chi connectivity index (χ2v) is 9.01. The molecule has 1 aliphatic rings. The molecule has 7 heteroatoms. The summed E-state index contributed by atoms with van der Waals surface area (Å²) < 4.78 is 29.0. The minimum atomic E-state index is -3.21. The topological polar surface area (TPSA) is 69.2 Å². The zero-order chi connectivity index (χ0) is 16.7. The Morgan fingerprint density at radius 1 is 1.08 bits per heavy atom. The number of hydrogen-bond donors (Lipinski definition) is 0. The van der Waals surface area contributed by atoms with Crippen molar-refractivity contribution in [1.82, 2.24) is 9.97 Å². The molecular weight excluding hydrogens is 344 g/mol. The van der Waals surface area contributed by atoms with Crippen LogP contribution in [0.2, 0.25) is 0 Å². The number of aromatic nitrogens is 2. The van der Waals surface area contributed by atoms with Crippen molar-refractivity contribution in [2.75, 3.05) is 6.26 Å². The summed E-state index contributed by atoms with van der Waals surface area (Å²) in [5.74, 6) is 1.12. The van der Waals surface area contributed by atoms with Crippen LogP contribution < -0.4 is 4.74 Å². The Bertz CT molecular complexity index is 1010. The molecule has 0 unspecified atom stereocenters. The molecule has 3 aromatic rings. The molecule has 1 aliphatic carbocycles. The molecule has 0 atom stereocenters. The van der Waals surface area contributed by atoms with E-state index in [1.54, 1.807) is 35.6 Å². The average molecular weight is 360 g/mol. The molecule has 0 fully saturated rings. The Morgan fingerprint density at radius 3 is 2.58 bits per heavy atom. The molecule has 0 saturated carbocycles. The van der Waals surface area contributed by atoms with Crippen LogP contribution in [0.25, 0.3) is 10.2 Å². The highest BCUT2D eigenvalue weighted by molar-refractivity contribution is 7.90. The minimum absolute atomic E-state index is 0.274.